The van der Waals surface area contributed by atoms with Gasteiger partial charge in [-0.3, -0.25) is 0 Å². The van der Waals surface area contributed by atoms with Crippen LogP contribution >= 0.6 is 0 Å². The summed E-state index contributed by atoms with van der Waals surface area (Å²) in [6, 6.07) is 16.8. The molecule has 5 aromatic rings. The summed E-state index contributed by atoms with van der Waals surface area (Å²) in [5, 5.41) is 11.8. The molecular weight excluding hydrogens is 485 g/mol. The van der Waals surface area contributed by atoms with Crippen molar-refractivity contribution in [3.8, 4) is 39.7 Å². The third kappa shape index (κ3) is 4.55. The summed E-state index contributed by atoms with van der Waals surface area (Å²) in [6.07, 6.45) is 4.01. The average Bonchev–Trinajstić information content (AvgIpc) is 3.70. The molecule has 1 N–H and O–H groups in total. The van der Waals surface area contributed by atoms with E-state index in [2.05, 4.69) is 15.5 Å². The molecule has 38 heavy (non-hydrogen) atoms. The molecule has 8 nitrogen and oxygen atoms in total. The molecule has 1 unspecified atom stereocenters. The SMILES string of the molecule is COc1cc(CNCC2CCCO2)cc2nc(-c3c(F)ccc(-c4ccccc4)c3-c3nncn3C)oc12. The van der Waals surface area contributed by atoms with Gasteiger partial charge < -0.3 is 23.8 Å². The fourth-order valence-electron chi connectivity index (χ4n) is 4.99. The summed E-state index contributed by atoms with van der Waals surface area (Å²) in [7, 11) is 3.41. The minimum absolute atomic E-state index is 0.149. The normalized spacial score (nSPS) is 15.4. The lowest BCUT2D eigenvalue weighted by Gasteiger charge is -2.14. The fourth-order valence-corrected chi connectivity index (χ4v) is 4.99. The van der Waals surface area contributed by atoms with Crippen LogP contribution in [-0.2, 0) is 18.3 Å². The Labute approximate surface area is 219 Å². The maximum absolute atomic E-state index is 15.6. The van der Waals surface area contributed by atoms with Gasteiger partial charge in [-0.15, -0.1) is 10.2 Å². The van der Waals surface area contributed by atoms with Crippen LogP contribution in [0.1, 0.15) is 18.4 Å². The smallest absolute Gasteiger partial charge is 0.231 e. The number of halogens is 1. The van der Waals surface area contributed by atoms with Crippen molar-refractivity contribution >= 4 is 11.1 Å². The van der Waals surface area contributed by atoms with Gasteiger partial charge in [0.25, 0.3) is 0 Å². The molecule has 1 fully saturated rings. The summed E-state index contributed by atoms with van der Waals surface area (Å²) < 4.78 is 34.9. The van der Waals surface area contributed by atoms with Crippen LogP contribution in [-0.4, -0.2) is 46.1 Å². The van der Waals surface area contributed by atoms with Crippen LogP contribution in [0.15, 0.2) is 65.3 Å². The van der Waals surface area contributed by atoms with Gasteiger partial charge in [-0.1, -0.05) is 36.4 Å². The molecule has 6 rings (SSSR count). The van der Waals surface area contributed by atoms with Crippen molar-refractivity contribution in [2.75, 3.05) is 20.3 Å². The lowest BCUT2D eigenvalue weighted by atomic mass is 9.94. The van der Waals surface area contributed by atoms with Gasteiger partial charge in [-0.25, -0.2) is 9.37 Å². The second-order valence-electron chi connectivity index (χ2n) is 9.41. The highest BCUT2D eigenvalue weighted by Crippen LogP contribution is 2.42. The molecule has 1 saturated heterocycles. The average molecular weight is 514 g/mol. The van der Waals surface area contributed by atoms with Crippen LogP contribution in [0.2, 0.25) is 0 Å². The predicted octanol–water partition coefficient (Wildman–Crippen LogP) is 5.37. The van der Waals surface area contributed by atoms with Gasteiger partial charge >= 0.3 is 0 Å². The highest BCUT2D eigenvalue weighted by Gasteiger charge is 2.26. The summed E-state index contributed by atoms with van der Waals surface area (Å²) in [4.78, 5) is 4.74. The highest BCUT2D eigenvalue weighted by molar-refractivity contribution is 5.92. The Morgan fingerprint density at radius 1 is 1.13 bits per heavy atom. The zero-order chi connectivity index (χ0) is 26.1. The van der Waals surface area contributed by atoms with Gasteiger partial charge in [-0.2, -0.15) is 0 Å². The Bertz CT molecular complexity index is 1570. The van der Waals surface area contributed by atoms with Crippen LogP contribution in [0, 0.1) is 5.82 Å². The Balaban J connectivity index is 1.45. The number of hydrogen-bond donors (Lipinski definition) is 1. The van der Waals surface area contributed by atoms with E-state index in [1.165, 1.54) is 6.07 Å². The Morgan fingerprint density at radius 3 is 2.74 bits per heavy atom. The predicted molar refractivity (Wildman–Crippen MR) is 142 cm³/mol. The molecule has 0 amide bonds. The van der Waals surface area contributed by atoms with E-state index in [0.29, 0.717) is 34.8 Å². The van der Waals surface area contributed by atoms with Crippen LogP contribution in [0.5, 0.6) is 5.75 Å². The first-order chi connectivity index (χ1) is 18.6. The molecule has 0 bridgehead atoms. The number of nitrogens with zero attached hydrogens (tertiary/aromatic N) is 4. The Morgan fingerprint density at radius 2 is 2.00 bits per heavy atom. The van der Waals surface area contributed by atoms with Crippen molar-refractivity contribution in [3.05, 3.63) is 72.3 Å². The van der Waals surface area contributed by atoms with E-state index in [1.807, 2.05) is 49.5 Å². The van der Waals surface area contributed by atoms with Gasteiger partial charge in [0, 0.05) is 32.3 Å². The molecule has 194 valence electrons. The van der Waals surface area contributed by atoms with Gasteiger partial charge in [-0.05, 0) is 47.7 Å². The van der Waals surface area contributed by atoms with Crippen molar-refractivity contribution in [1.29, 1.82) is 0 Å². The third-order valence-electron chi connectivity index (χ3n) is 6.85. The number of aromatic nitrogens is 4. The monoisotopic (exact) mass is 513 g/mol. The fraction of sp³-hybridized carbons (Fsp3) is 0.276. The maximum Gasteiger partial charge on any atom is 0.231 e. The quantitative estimate of drug-likeness (QED) is 0.298. The molecule has 0 aliphatic carbocycles. The number of oxazole rings is 1. The number of benzene rings is 3. The van der Waals surface area contributed by atoms with E-state index in [0.717, 1.165) is 42.7 Å². The number of methoxy groups -OCH3 is 1. The number of hydrogen-bond acceptors (Lipinski definition) is 7. The van der Waals surface area contributed by atoms with Crippen molar-refractivity contribution < 1.29 is 18.3 Å². The second-order valence-corrected chi connectivity index (χ2v) is 9.41. The molecule has 1 aliphatic rings. The number of nitrogens with one attached hydrogen (secondary N) is 1. The lowest BCUT2D eigenvalue weighted by Crippen LogP contribution is -2.25. The Hall–Kier alpha value is -4.08. The van der Waals surface area contributed by atoms with Crippen LogP contribution in [0.25, 0.3) is 45.1 Å². The molecule has 3 heterocycles. The van der Waals surface area contributed by atoms with E-state index in [1.54, 1.807) is 24.1 Å². The zero-order valence-electron chi connectivity index (χ0n) is 21.3. The van der Waals surface area contributed by atoms with Gasteiger partial charge in [0.2, 0.25) is 5.89 Å². The van der Waals surface area contributed by atoms with E-state index < -0.39 is 5.82 Å². The van der Waals surface area contributed by atoms with E-state index >= 15 is 4.39 Å². The van der Waals surface area contributed by atoms with E-state index in [4.69, 9.17) is 18.9 Å². The largest absolute Gasteiger partial charge is 0.493 e. The standard InChI is InChI=1S/C29H28FN5O3/c1-35-17-32-34-28(35)25-21(19-7-4-3-5-8-19)10-11-22(30)26(25)29-33-23-13-18(14-24(36-2)27(23)38-29)15-31-16-20-9-6-12-37-20/h3-5,7-8,10-11,13-14,17,20,31H,6,9,12,15-16H2,1-2H3. The van der Waals surface area contributed by atoms with Crippen LogP contribution in [0.4, 0.5) is 4.39 Å². The van der Waals surface area contributed by atoms with Crippen LogP contribution < -0.4 is 10.1 Å². The van der Waals surface area contributed by atoms with Crippen molar-refractivity contribution in [3.63, 3.8) is 0 Å². The van der Waals surface area contributed by atoms with Crippen molar-refractivity contribution in [2.45, 2.75) is 25.5 Å². The first-order valence-electron chi connectivity index (χ1n) is 12.6. The van der Waals surface area contributed by atoms with Gasteiger partial charge in [0.1, 0.15) is 17.7 Å². The molecule has 1 atom stereocenters. The maximum atomic E-state index is 15.6. The van der Waals surface area contributed by atoms with Gasteiger partial charge in [0.05, 0.1) is 18.8 Å². The molecule has 0 saturated carbocycles. The number of rotatable bonds is 8. The van der Waals surface area contributed by atoms with Crippen LogP contribution in [0.3, 0.4) is 0 Å². The molecule has 1 aliphatic heterocycles. The molecule has 0 radical (unpaired) electrons. The molecule has 0 spiro atoms. The molecular formula is C29H28FN5O3. The van der Waals surface area contributed by atoms with E-state index in [9.17, 15) is 0 Å². The molecule has 3 aromatic carbocycles. The highest BCUT2D eigenvalue weighted by atomic mass is 19.1. The summed E-state index contributed by atoms with van der Waals surface area (Å²) in [6.45, 7) is 2.23. The summed E-state index contributed by atoms with van der Waals surface area (Å²) >= 11 is 0. The Kier molecular flexibility index (Phi) is 6.61. The number of aryl methyl sites for hydroxylation is 1. The van der Waals surface area contributed by atoms with Crippen molar-refractivity contribution in [1.82, 2.24) is 25.1 Å². The first-order valence-corrected chi connectivity index (χ1v) is 12.6. The minimum Gasteiger partial charge on any atom is -0.493 e. The lowest BCUT2D eigenvalue weighted by molar-refractivity contribution is 0.110. The number of ether oxygens (including phenoxy) is 2. The second kappa shape index (κ2) is 10.4. The summed E-state index contributed by atoms with van der Waals surface area (Å²) in [5.74, 6) is 0.726. The number of fused-ring (bicyclic) bond motifs is 1. The molecule has 2 aromatic heterocycles. The van der Waals surface area contributed by atoms with Gasteiger partial charge in [0.15, 0.2) is 17.2 Å². The minimum atomic E-state index is -0.466. The first kappa shape index (κ1) is 24.3. The van der Waals surface area contributed by atoms with Crippen molar-refractivity contribution in [2.24, 2.45) is 7.05 Å². The van der Waals surface area contributed by atoms with E-state index in [-0.39, 0.29) is 17.6 Å². The summed E-state index contributed by atoms with van der Waals surface area (Å²) in [5.41, 5.74) is 4.52. The molecule has 9 heteroatoms. The zero-order valence-corrected chi connectivity index (χ0v) is 21.3. The third-order valence-corrected chi connectivity index (χ3v) is 6.85. The topological polar surface area (TPSA) is 87.2 Å².